The quantitative estimate of drug-likeness (QED) is 0.888. The molecule has 0 aliphatic heterocycles. The number of hydrogen-bond acceptors (Lipinski definition) is 3. The SMILES string of the molecule is COc1ccc(CC(CN)c2cc(F)ccc2OC)cc1. The van der Waals surface area contributed by atoms with Crippen LogP contribution in [0.1, 0.15) is 17.0 Å². The third-order valence-corrected chi connectivity index (χ3v) is 3.56. The molecule has 0 fully saturated rings. The average Bonchev–Trinajstić information content (AvgIpc) is 2.53. The summed E-state index contributed by atoms with van der Waals surface area (Å²) in [5, 5.41) is 0. The molecule has 2 aromatic carbocycles. The fraction of sp³-hybridized carbons (Fsp3) is 0.294. The molecule has 0 saturated carbocycles. The number of ether oxygens (including phenoxy) is 2. The highest BCUT2D eigenvalue weighted by Gasteiger charge is 2.16. The Morgan fingerprint density at radius 2 is 1.76 bits per heavy atom. The van der Waals surface area contributed by atoms with Crippen molar-refractivity contribution in [2.24, 2.45) is 5.73 Å². The third kappa shape index (κ3) is 3.73. The van der Waals surface area contributed by atoms with E-state index in [4.69, 9.17) is 15.2 Å². The van der Waals surface area contributed by atoms with Crippen LogP contribution >= 0.6 is 0 Å². The van der Waals surface area contributed by atoms with Gasteiger partial charge in [-0.25, -0.2) is 4.39 Å². The Morgan fingerprint density at radius 3 is 2.33 bits per heavy atom. The van der Waals surface area contributed by atoms with Gasteiger partial charge in [-0.15, -0.1) is 0 Å². The van der Waals surface area contributed by atoms with Gasteiger partial charge in [-0.3, -0.25) is 0 Å². The summed E-state index contributed by atoms with van der Waals surface area (Å²) in [6.45, 7) is 0.422. The van der Waals surface area contributed by atoms with Crippen molar-refractivity contribution >= 4 is 0 Å². The van der Waals surface area contributed by atoms with Gasteiger partial charge in [0.15, 0.2) is 0 Å². The lowest BCUT2D eigenvalue weighted by atomic mass is 9.91. The number of hydrogen-bond donors (Lipinski definition) is 1. The molecular formula is C17H20FNO2. The standard InChI is InChI=1S/C17H20FNO2/c1-20-15-6-3-12(4-7-15)9-13(11-19)16-10-14(18)5-8-17(16)21-2/h3-8,10,13H,9,11,19H2,1-2H3. The van der Waals surface area contributed by atoms with Crippen LogP contribution < -0.4 is 15.2 Å². The highest BCUT2D eigenvalue weighted by atomic mass is 19.1. The minimum atomic E-state index is -0.279. The van der Waals surface area contributed by atoms with Gasteiger partial charge in [0.2, 0.25) is 0 Å². The van der Waals surface area contributed by atoms with E-state index in [1.54, 1.807) is 20.3 Å². The van der Waals surface area contributed by atoms with Crippen LogP contribution in [0.15, 0.2) is 42.5 Å². The smallest absolute Gasteiger partial charge is 0.123 e. The van der Waals surface area contributed by atoms with Gasteiger partial charge in [0, 0.05) is 11.5 Å². The second kappa shape index (κ2) is 7.09. The fourth-order valence-electron chi connectivity index (χ4n) is 2.39. The molecule has 2 aromatic rings. The molecule has 0 aliphatic rings. The van der Waals surface area contributed by atoms with Crippen molar-refractivity contribution in [3.63, 3.8) is 0 Å². The molecule has 1 unspecified atom stereocenters. The highest BCUT2D eigenvalue weighted by Crippen LogP contribution is 2.30. The maximum atomic E-state index is 13.5. The number of rotatable bonds is 6. The molecule has 112 valence electrons. The molecule has 2 rings (SSSR count). The van der Waals surface area contributed by atoms with E-state index < -0.39 is 0 Å². The first kappa shape index (κ1) is 15.3. The lowest BCUT2D eigenvalue weighted by molar-refractivity contribution is 0.403. The van der Waals surface area contributed by atoms with Crippen LogP contribution in [0.2, 0.25) is 0 Å². The molecule has 0 heterocycles. The Balaban J connectivity index is 2.24. The Morgan fingerprint density at radius 1 is 1.05 bits per heavy atom. The zero-order valence-electron chi connectivity index (χ0n) is 12.3. The zero-order chi connectivity index (χ0) is 15.2. The summed E-state index contributed by atoms with van der Waals surface area (Å²) in [6.07, 6.45) is 0.723. The minimum Gasteiger partial charge on any atom is -0.497 e. The molecule has 0 amide bonds. The Kier molecular flexibility index (Phi) is 5.17. The van der Waals surface area contributed by atoms with Gasteiger partial charge >= 0.3 is 0 Å². The minimum absolute atomic E-state index is 0.00375. The number of halogens is 1. The molecule has 4 heteroatoms. The van der Waals surface area contributed by atoms with Gasteiger partial charge in [-0.2, -0.15) is 0 Å². The van der Waals surface area contributed by atoms with E-state index in [-0.39, 0.29) is 11.7 Å². The fourth-order valence-corrected chi connectivity index (χ4v) is 2.39. The van der Waals surface area contributed by atoms with Crippen LogP contribution in [0.5, 0.6) is 11.5 Å². The predicted octanol–water partition coefficient (Wildman–Crippen LogP) is 3.13. The molecule has 0 aliphatic carbocycles. The van der Waals surface area contributed by atoms with E-state index in [2.05, 4.69) is 0 Å². The van der Waals surface area contributed by atoms with E-state index in [9.17, 15) is 4.39 Å². The predicted molar refractivity (Wildman–Crippen MR) is 81.4 cm³/mol. The molecular weight excluding hydrogens is 269 g/mol. The molecule has 21 heavy (non-hydrogen) atoms. The molecule has 0 bridgehead atoms. The summed E-state index contributed by atoms with van der Waals surface area (Å²) in [5.74, 6) is 1.20. The number of nitrogens with two attached hydrogens (primary N) is 1. The lowest BCUT2D eigenvalue weighted by Gasteiger charge is -2.18. The van der Waals surface area contributed by atoms with Gasteiger partial charge in [0.25, 0.3) is 0 Å². The van der Waals surface area contributed by atoms with E-state index in [0.29, 0.717) is 12.3 Å². The maximum Gasteiger partial charge on any atom is 0.123 e. The average molecular weight is 289 g/mol. The van der Waals surface area contributed by atoms with Gasteiger partial charge in [-0.1, -0.05) is 12.1 Å². The highest BCUT2D eigenvalue weighted by molar-refractivity contribution is 5.38. The van der Waals surface area contributed by atoms with E-state index in [1.165, 1.54) is 12.1 Å². The number of benzene rings is 2. The molecule has 3 nitrogen and oxygen atoms in total. The molecule has 0 spiro atoms. The Hall–Kier alpha value is -2.07. The zero-order valence-corrected chi connectivity index (χ0v) is 12.3. The van der Waals surface area contributed by atoms with Gasteiger partial charge in [0.1, 0.15) is 17.3 Å². The van der Waals surface area contributed by atoms with Gasteiger partial charge < -0.3 is 15.2 Å². The van der Waals surface area contributed by atoms with Crippen LogP contribution in [0, 0.1) is 5.82 Å². The summed E-state index contributed by atoms with van der Waals surface area (Å²) < 4.78 is 24.0. The van der Waals surface area contributed by atoms with E-state index in [1.807, 2.05) is 24.3 Å². The van der Waals surface area contributed by atoms with Crippen molar-refractivity contribution in [3.8, 4) is 11.5 Å². The van der Waals surface area contributed by atoms with Crippen molar-refractivity contribution in [2.45, 2.75) is 12.3 Å². The normalized spacial score (nSPS) is 12.0. The van der Waals surface area contributed by atoms with Crippen LogP contribution in [-0.4, -0.2) is 20.8 Å². The first-order valence-corrected chi connectivity index (χ1v) is 6.84. The summed E-state index contributed by atoms with van der Waals surface area (Å²) in [7, 11) is 3.22. The van der Waals surface area contributed by atoms with Crippen LogP contribution in [-0.2, 0) is 6.42 Å². The van der Waals surface area contributed by atoms with Gasteiger partial charge in [0.05, 0.1) is 14.2 Å². The molecule has 1 atom stereocenters. The Bertz CT molecular complexity index is 584. The van der Waals surface area contributed by atoms with E-state index >= 15 is 0 Å². The second-order valence-electron chi connectivity index (χ2n) is 4.87. The first-order chi connectivity index (χ1) is 10.2. The van der Waals surface area contributed by atoms with Crippen LogP contribution in [0.4, 0.5) is 4.39 Å². The van der Waals surface area contributed by atoms with Crippen molar-refractivity contribution in [1.29, 1.82) is 0 Å². The summed E-state index contributed by atoms with van der Waals surface area (Å²) in [6, 6.07) is 12.3. The maximum absolute atomic E-state index is 13.5. The van der Waals surface area contributed by atoms with Crippen molar-refractivity contribution in [1.82, 2.24) is 0 Å². The molecule has 2 N–H and O–H groups in total. The summed E-state index contributed by atoms with van der Waals surface area (Å²) >= 11 is 0. The van der Waals surface area contributed by atoms with Crippen molar-refractivity contribution in [2.75, 3.05) is 20.8 Å². The third-order valence-electron chi connectivity index (χ3n) is 3.56. The molecule has 0 saturated heterocycles. The van der Waals surface area contributed by atoms with E-state index in [0.717, 1.165) is 23.3 Å². The largest absolute Gasteiger partial charge is 0.497 e. The topological polar surface area (TPSA) is 44.5 Å². The number of methoxy groups -OCH3 is 2. The van der Waals surface area contributed by atoms with Crippen LogP contribution in [0.25, 0.3) is 0 Å². The first-order valence-electron chi connectivity index (χ1n) is 6.84. The molecule has 0 aromatic heterocycles. The Labute approximate surface area is 124 Å². The van der Waals surface area contributed by atoms with Gasteiger partial charge in [-0.05, 0) is 48.9 Å². The van der Waals surface area contributed by atoms with Crippen molar-refractivity contribution in [3.05, 3.63) is 59.4 Å². The van der Waals surface area contributed by atoms with Crippen LogP contribution in [0.3, 0.4) is 0 Å². The molecule has 0 radical (unpaired) electrons. The lowest BCUT2D eigenvalue weighted by Crippen LogP contribution is -2.16. The second-order valence-corrected chi connectivity index (χ2v) is 4.87. The summed E-state index contributed by atoms with van der Waals surface area (Å²) in [4.78, 5) is 0. The monoisotopic (exact) mass is 289 g/mol. The van der Waals surface area contributed by atoms with Crippen molar-refractivity contribution < 1.29 is 13.9 Å². The summed E-state index contributed by atoms with van der Waals surface area (Å²) in [5.41, 5.74) is 7.80.